The summed E-state index contributed by atoms with van der Waals surface area (Å²) >= 11 is 0. The van der Waals surface area contributed by atoms with Crippen LogP contribution in [-0.4, -0.2) is 24.6 Å². The number of allylic oxidation sites excluding steroid dienone is 1. The van der Waals surface area contributed by atoms with E-state index in [9.17, 15) is 0 Å². The van der Waals surface area contributed by atoms with Gasteiger partial charge in [-0.25, -0.2) is 0 Å². The van der Waals surface area contributed by atoms with Gasteiger partial charge in [0, 0.05) is 6.61 Å². The van der Waals surface area contributed by atoms with Crippen LogP contribution in [0.15, 0.2) is 12.3 Å². The van der Waals surface area contributed by atoms with Crippen molar-refractivity contribution in [2.45, 2.75) is 38.4 Å². The molecule has 1 fully saturated rings. The van der Waals surface area contributed by atoms with Crippen molar-refractivity contribution in [3.8, 4) is 0 Å². The summed E-state index contributed by atoms with van der Waals surface area (Å²) in [4.78, 5) is 0. The molecule has 3 heteroatoms. The van der Waals surface area contributed by atoms with E-state index in [0.29, 0.717) is 0 Å². The summed E-state index contributed by atoms with van der Waals surface area (Å²) in [7, 11) is 0. The Bertz CT molecular complexity index is 131. The van der Waals surface area contributed by atoms with Crippen molar-refractivity contribution in [2.24, 2.45) is 0 Å². The highest BCUT2D eigenvalue weighted by Crippen LogP contribution is 2.08. The van der Waals surface area contributed by atoms with Crippen LogP contribution >= 0.6 is 0 Å². The first-order valence-corrected chi connectivity index (χ1v) is 4.96. The van der Waals surface area contributed by atoms with Crippen molar-refractivity contribution in [1.29, 1.82) is 0 Å². The summed E-state index contributed by atoms with van der Waals surface area (Å²) in [5.74, 6) is 0. The maximum absolute atomic E-state index is 8.69. The molecule has 0 saturated carbocycles. The average molecular weight is 186 g/mol. The minimum Gasteiger partial charge on any atom is -0.502 e. The Hall–Kier alpha value is -0.540. The number of rotatable bonds is 0. The summed E-state index contributed by atoms with van der Waals surface area (Å²) in [6.07, 6.45) is 8.77. The van der Waals surface area contributed by atoms with Gasteiger partial charge in [0.15, 0.2) is 6.29 Å². The van der Waals surface area contributed by atoms with Gasteiger partial charge in [-0.1, -0.05) is 0 Å². The molecule has 0 aliphatic carbocycles. The molecule has 1 saturated heterocycles. The molecule has 2 aliphatic heterocycles. The molecule has 0 aromatic rings. The molecule has 2 aliphatic rings. The van der Waals surface area contributed by atoms with Crippen LogP contribution in [0.5, 0.6) is 0 Å². The fourth-order valence-corrected chi connectivity index (χ4v) is 1.21. The monoisotopic (exact) mass is 186 g/mol. The van der Waals surface area contributed by atoms with E-state index in [1.807, 2.05) is 6.08 Å². The molecule has 0 aromatic heterocycles. The zero-order chi connectivity index (χ0) is 9.36. The van der Waals surface area contributed by atoms with Gasteiger partial charge in [-0.2, -0.15) is 0 Å². The lowest BCUT2D eigenvalue weighted by Gasteiger charge is -2.16. The van der Waals surface area contributed by atoms with E-state index in [-0.39, 0.29) is 0 Å². The predicted octanol–water partition coefficient (Wildman–Crippen LogP) is 1.82. The molecule has 1 unspecified atom stereocenters. The molecule has 3 nitrogen and oxygen atoms in total. The maximum Gasteiger partial charge on any atom is 0.154 e. The molecule has 0 amide bonds. The third-order valence-corrected chi connectivity index (χ3v) is 1.98. The molecule has 2 heterocycles. The van der Waals surface area contributed by atoms with E-state index in [4.69, 9.17) is 14.6 Å². The SMILES string of the molecule is C1=COCCC1.OC1CCCCO1. The first-order chi connectivity index (χ1) is 6.39. The molecule has 0 radical (unpaired) electrons. The fourth-order valence-electron chi connectivity index (χ4n) is 1.21. The number of hydrogen-bond donors (Lipinski definition) is 1. The van der Waals surface area contributed by atoms with E-state index in [1.165, 1.54) is 12.8 Å². The molecule has 0 aromatic carbocycles. The summed E-state index contributed by atoms with van der Waals surface area (Å²) in [5, 5.41) is 8.69. The zero-order valence-electron chi connectivity index (χ0n) is 7.95. The molecular formula is C10H18O3. The van der Waals surface area contributed by atoms with Gasteiger partial charge in [0.2, 0.25) is 0 Å². The van der Waals surface area contributed by atoms with Gasteiger partial charge >= 0.3 is 0 Å². The number of aliphatic hydroxyl groups is 1. The van der Waals surface area contributed by atoms with E-state index in [1.54, 1.807) is 6.26 Å². The second kappa shape index (κ2) is 6.92. The molecule has 76 valence electrons. The van der Waals surface area contributed by atoms with Gasteiger partial charge in [-0.3, -0.25) is 0 Å². The highest BCUT2D eigenvalue weighted by Gasteiger charge is 2.07. The molecule has 0 bridgehead atoms. The summed E-state index contributed by atoms with van der Waals surface area (Å²) in [6, 6.07) is 0. The third kappa shape index (κ3) is 5.66. The topological polar surface area (TPSA) is 38.7 Å². The number of hydrogen-bond acceptors (Lipinski definition) is 3. The Morgan fingerprint density at radius 1 is 1.15 bits per heavy atom. The first kappa shape index (κ1) is 10.5. The Balaban J connectivity index is 0.000000132. The minimum atomic E-state index is -0.464. The smallest absolute Gasteiger partial charge is 0.154 e. The van der Waals surface area contributed by atoms with Gasteiger partial charge in [-0.05, 0) is 38.2 Å². The molecule has 2 rings (SSSR count). The van der Waals surface area contributed by atoms with E-state index >= 15 is 0 Å². The standard InChI is InChI=1S/C5H10O2.C5H8O/c6-5-3-1-2-4-7-5;1-2-4-6-5-3-1/h5-6H,1-4H2;2,4H,1,3,5H2. The molecule has 1 N–H and O–H groups in total. The van der Waals surface area contributed by atoms with Crippen LogP contribution in [-0.2, 0) is 9.47 Å². The summed E-state index contributed by atoms with van der Waals surface area (Å²) < 4.78 is 9.72. The molecule has 13 heavy (non-hydrogen) atoms. The van der Waals surface area contributed by atoms with Crippen LogP contribution in [0.1, 0.15) is 32.1 Å². The number of ether oxygens (including phenoxy) is 2. The Labute approximate surface area is 79.3 Å². The largest absolute Gasteiger partial charge is 0.502 e. The quantitative estimate of drug-likeness (QED) is 0.627. The van der Waals surface area contributed by atoms with Crippen molar-refractivity contribution in [3.05, 3.63) is 12.3 Å². The second-order valence-corrected chi connectivity index (χ2v) is 3.21. The minimum absolute atomic E-state index is 0.464. The first-order valence-electron chi connectivity index (χ1n) is 4.96. The van der Waals surface area contributed by atoms with Gasteiger partial charge in [0.25, 0.3) is 0 Å². The average Bonchev–Trinajstić information content (AvgIpc) is 2.22. The van der Waals surface area contributed by atoms with E-state index in [2.05, 4.69) is 0 Å². The Morgan fingerprint density at radius 2 is 2.08 bits per heavy atom. The van der Waals surface area contributed by atoms with Crippen molar-refractivity contribution in [1.82, 2.24) is 0 Å². The van der Waals surface area contributed by atoms with Crippen LogP contribution in [0.3, 0.4) is 0 Å². The van der Waals surface area contributed by atoms with Gasteiger partial charge < -0.3 is 14.6 Å². The van der Waals surface area contributed by atoms with Crippen molar-refractivity contribution in [2.75, 3.05) is 13.2 Å². The van der Waals surface area contributed by atoms with Crippen LogP contribution in [0.4, 0.5) is 0 Å². The van der Waals surface area contributed by atoms with Gasteiger partial charge in [-0.15, -0.1) is 0 Å². The van der Waals surface area contributed by atoms with Crippen molar-refractivity contribution >= 4 is 0 Å². The number of aliphatic hydroxyl groups excluding tert-OH is 1. The lowest BCUT2D eigenvalue weighted by atomic mass is 10.2. The summed E-state index contributed by atoms with van der Waals surface area (Å²) in [5.41, 5.74) is 0. The molecular weight excluding hydrogens is 168 g/mol. The van der Waals surface area contributed by atoms with Crippen molar-refractivity contribution < 1.29 is 14.6 Å². The predicted molar refractivity (Wildman–Crippen MR) is 50.1 cm³/mol. The van der Waals surface area contributed by atoms with Crippen LogP contribution < -0.4 is 0 Å². The lowest BCUT2D eigenvalue weighted by molar-refractivity contribution is -0.123. The fraction of sp³-hybridized carbons (Fsp3) is 0.800. The molecule has 0 spiro atoms. The van der Waals surface area contributed by atoms with E-state index < -0.39 is 6.29 Å². The second-order valence-electron chi connectivity index (χ2n) is 3.21. The van der Waals surface area contributed by atoms with Gasteiger partial charge in [0.05, 0.1) is 12.9 Å². The van der Waals surface area contributed by atoms with Crippen LogP contribution in [0.2, 0.25) is 0 Å². The summed E-state index contributed by atoms with van der Waals surface area (Å²) in [6.45, 7) is 1.65. The van der Waals surface area contributed by atoms with E-state index in [0.717, 1.165) is 32.5 Å². The third-order valence-electron chi connectivity index (χ3n) is 1.98. The Morgan fingerprint density at radius 3 is 2.31 bits per heavy atom. The Kier molecular flexibility index (Phi) is 5.61. The maximum atomic E-state index is 8.69. The van der Waals surface area contributed by atoms with Crippen molar-refractivity contribution in [3.63, 3.8) is 0 Å². The lowest BCUT2D eigenvalue weighted by Crippen LogP contribution is -2.17. The normalized spacial score (nSPS) is 27.0. The molecule has 1 atom stereocenters. The van der Waals surface area contributed by atoms with Gasteiger partial charge in [0.1, 0.15) is 0 Å². The highest BCUT2D eigenvalue weighted by molar-refractivity contribution is 4.76. The zero-order valence-corrected chi connectivity index (χ0v) is 7.95. The highest BCUT2D eigenvalue weighted by atomic mass is 16.6. The van der Waals surface area contributed by atoms with Crippen LogP contribution in [0.25, 0.3) is 0 Å². The van der Waals surface area contributed by atoms with Crippen LogP contribution in [0, 0.1) is 0 Å².